The van der Waals surface area contributed by atoms with Gasteiger partial charge in [-0.15, -0.1) is 12.4 Å². The molecule has 6 nitrogen and oxygen atoms in total. The van der Waals surface area contributed by atoms with Crippen LogP contribution in [0.4, 0.5) is 5.69 Å². The van der Waals surface area contributed by atoms with Crippen molar-refractivity contribution in [3.8, 4) is 0 Å². The predicted octanol–water partition coefficient (Wildman–Crippen LogP) is 1.24. The number of nitrogens with one attached hydrogen (secondary N) is 2. The summed E-state index contributed by atoms with van der Waals surface area (Å²) in [6.45, 7) is 2.44. The summed E-state index contributed by atoms with van der Waals surface area (Å²) in [6, 6.07) is 7.27. The number of para-hydroxylation sites is 1. The first-order valence-corrected chi connectivity index (χ1v) is 5.61. The molecular formula is C12H16ClN5O. The van der Waals surface area contributed by atoms with Gasteiger partial charge in [-0.3, -0.25) is 4.79 Å². The zero-order valence-corrected chi connectivity index (χ0v) is 11.3. The lowest BCUT2D eigenvalue weighted by atomic mass is 10.2. The van der Waals surface area contributed by atoms with Crippen molar-refractivity contribution in [2.75, 3.05) is 6.54 Å². The number of rotatable bonds is 3. The second-order valence-corrected chi connectivity index (χ2v) is 3.82. The number of aromatic nitrogens is 1. The van der Waals surface area contributed by atoms with Crippen LogP contribution in [0, 0.1) is 0 Å². The number of H-pyrrole nitrogens is 1. The number of aliphatic imine (C=N–C) groups is 1. The van der Waals surface area contributed by atoms with Crippen molar-refractivity contribution in [2.24, 2.45) is 16.5 Å². The van der Waals surface area contributed by atoms with E-state index in [9.17, 15) is 4.79 Å². The highest BCUT2D eigenvalue weighted by molar-refractivity contribution is 6.01. The van der Waals surface area contributed by atoms with Crippen LogP contribution in [0.15, 0.2) is 29.3 Å². The molecule has 0 aliphatic carbocycles. The number of halogens is 1. The maximum atomic E-state index is 11.7. The van der Waals surface area contributed by atoms with E-state index in [-0.39, 0.29) is 24.3 Å². The van der Waals surface area contributed by atoms with Gasteiger partial charge in [0.15, 0.2) is 5.96 Å². The Bertz CT molecular complexity index is 616. The largest absolute Gasteiger partial charge is 0.370 e. The molecule has 1 aromatic carbocycles. The van der Waals surface area contributed by atoms with Crippen LogP contribution in [-0.2, 0) is 0 Å². The number of fused-ring (bicyclic) bond motifs is 1. The first-order valence-electron chi connectivity index (χ1n) is 5.61. The summed E-state index contributed by atoms with van der Waals surface area (Å²) in [4.78, 5) is 18.8. The highest BCUT2D eigenvalue weighted by Gasteiger charge is 2.10. The van der Waals surface area contributed by atoms with E-state index in [2.05, 4.69) is 15.3 Å². The molecule has 19 heavy (non-hydrogen) atoms. The molecular weight excluding hydrogens is 266 g/mol. The van der Waals surface area contributed by atoms with Crippen LogP contribution in [0.5, 0.6) is 0 Å². The highest BCUT2D eigenvalue weighted by atomic mass is 35.5. The zero-order chi connectivity index (χ0) is 13.1. The van der Waals surface area contributed by atoms with E-state index in [1.807, 2.05) is 19.1 Å². The number of nitrogens with zero attached hydrogens (tertiary/aromatic N) is 1. The molecule has 0 saturated carbocycles. The molecule has 0 bridgehead atoms. The quantitative estimate of drug-likeness (QED) is 0.502. The van der Waals surface area contributed by atoms with Gasteiger partial charge in [0.25, 0.3) is 5.91 Å². The third-order valence-corrected chi connectivity index (χ3v) is 2.47. The molecule has 0 aliphatic rings. The summed E-state index contributed by atoms with van der Waals surface area (Å²) >= 11 is 0. The summed E-state index contributed by atoms with van der Waals surface area (Å²) in [5, 5.41) is 3.62. The average Bonchev–Trinajstić information content (AvgIpc) is 2.73. The van der Waals surface area contributed by atoms with Gasteiger partial charge in [-0.1, -0.05) is 12.1 Å². The Hall–Kier alpha value is -2.21. The van der Waals surface area contributed by atoms with Crippen LogP contribution >= 0.6 is 12.4 Å². The van der Waals surface area contributed by atoms with Gasteiger partial charge < -0.3 is 21.8 Å². The van der Waals surface area contributed by atoms with Crippen molar-refractivity contribution in [2.45, 2.75) is 6.92 Å². The minimum absolute atomic E-state index is 0. The van der Waals surface area contributed by atoms with Crippen LogP contribution in [0.2, 0.25) is 0 Å². The fraction of sp³-hybridized carbons (Fsp3) is 0.167. The van der Waals surface area contributed by atoms with Crippen molar-refractivity contribution in [3.63, 3.8) is 0 Å². The van der Waals surface area contributed by atoms with E-state index in [0.29, 0.717) is 17.9 Å². The minimum Gasteiger partial charge on any atom is -0.370 e. The molecule has 0 spiro atoms. The Morgan fingerprint density at radius 1 is 1.42 bits per heavy atom. The Morgan fingerprint density at radius 2 is 2.16 bits per heavy atom. The first kappa shape index (κ1) is 14.8. The molecule has 2 aromatic rings. The lowest BCUT2D eigenvalue weighted by Gasteiger charge is -1.98. The van der Waals surface area contributed by atoms with Gasteiger partial charge in [0.05, 0.1) is 11.2 Å². The number of hydrogen-bond acceptors (Lipinski definition) is 2. The molecule has 0 fully saturated rings. The Morgan fingerprint density at radius 3 is 2.79 bits per heavy atom. The third kappa shape index (κ3) is 3.17. The predicted molar refractivity (Wildman–Crippen MR) is 79.0 cm³/mol. The average molecular weight is 282 g/mol. The van der Waals surface area contributed by atoms with Crippen LogP contribution in [0.3, 0.4) is 0 Å². The number of carbonyl (C=O) groups is 1. The number of amides is 1. The topological polar surface area (TPSA) is 109 Å². The fourth-order valence-electron chi connectivity index (χ4n) is 1.75. The smallest absolute Gasteiger partial charge is 0.267 e. The van der Waals surface area contributed by atoms with Crippen molar-refractivity contribution in [1.29, 1.82) is 0 Å². The fourth-order valence-corrected chi connectivity index (χ4v) is 1.75. The number of nitrogens with two attached hydrogens (primary N) is 2. The van der Waals surface area contributed by atoms with Crippen LogP contribution in [0.1, 0.15) is 17.4 Å². The highest BCUT2D eigenvalue weighted by Crippen LogP contribution is 2.25. The monoisotopic (exact) mass is 281 g/mol. The minimum atomic E-state index is -0.149. The molecule has 1 amide bonds. The number of hydrogen-bond donors (Lipinski definition) is 4. The molecule has 0 radical (unpaired) electrons. The maximum absolute atomic E-state index is 11.7. The molecule has 102 valence electrons. The third-order valence-electron chi connectivity index (χ3n) is 2.47. The number of carbonyl (C=O) groups excluding carboxylic acids is 1. The van der Waals surface area contributed by atoms with Crippen LogP contribution < -0.4 is 16.8 Å². The molecule has 7 heteroatoms. The van der Waals surface area contributed by atoms with Gasteiger partial charge in [-0.25, -0.2) is 4.99 Å². The molecule has 0 saturated heterocycles. The SMILES string of the molecule is CCNC(=O)c1cc2cccc(N=C(N)N)c2[nH]1.Cl. The number of aromatic amines is 1. The second kappa shape index (κ2) is 6.10. The zero-order valence-electron chi connectivity index (χ0n) is 10.4. The van der Waals surface area contributed by atoms with Gasteiger partial charge in [0, 0.05) is 11.9 Å². The van der Waals surface area contributed by atoms with Gasteiger partial charge in [0.2, 0.25) is 0 Å². The van der Waals surface area contributed by atoms with E-state index in [1.165, 1.54) is 0 Å². The molecule has 1 aromatic heterocycles. The standard InChI is InChI=1S/C12H15N5O.ClH/c1-2-15-11(18)9-6-7-4-3-5-8(10(7)16-9)17-12(13)14;/h3-6,16H,2H2,1H3,(H,15,18)(H4,13,14,17);1H. The summed E-state index contributed by atoms with van der Waals surface area (Å²) in [7, 11) is 0. The summed E-state index contributed by atoms with van der Waals surface area (Å²) < 4.78 is 0. The van der Waals surface area contributed by atoms with E-state index in [1.54, 1.807) is 12.1 Å². The van der Waals surface area contributed by atoms with E-state index in [4.69, 9.17) is 11.5 Å². The Balaban J connectivity index is 0.00000180. The van der Waals surface area contributed by atoms with Gasteiger partial charge in [-0.05, 0) is 19.1 Å². The lowest BCUT2D eigenvalue weighted by Crippen LogP contribution is -2.22. The van der Waals surface area contributed by atoms with Crippen LogP contribution in [0.25, 0.3) is 10.9 Å². The maximum Gasteiger partial charge on any atom is 0.267 e. The molecule has 0 aliphatic heterocycles. The summed E-state index contributed by atoms with van der Waals surface area (Å²) in [6.07, 6.45) is 0. The molecule has 6 N–H and O–H groups in total. The van der Waals surface area contributed by atoms with Gasteiger partial charge >= 0.3 is 0 Å². The van der Waals surface area contributed by atoms with Crippen molar-refractivity contribution >= 4 is 40.9 Å². The molecule has 0 unspecified atom stereocenters. The van der Waals surface area contributed by atoms with E-state index in [0.717, 1.165) is 10.9 Å². The Kier molecular flexibility index (Phi) is 4.77. The van der Waals surface area contributed by atoms with Crippen molar-refractivity contribution in [1.82, 2.24) is 10.3 Å². The van der Waals surface area contributed by atoms with Gasteiger partial charge in [0.1, 0.15) is 5.69 Å². The van der Waals surface area contributed by atoms with E-state index < -0.39 is 0 Å². The summed E-state index contributed by atoms with van der Waals surface area (Å²) in [5.74, 6) is -0.166. The molecule has 1 heterocycles. The molecule has 0 atom stereocenters. The number of benzene rings is 1. The normalized spacial score (nSPS) is 9.74. The Labute approximate surface area is 116 Å². The van der Waals surface area contributed by atoms with Gasteiger partial charge in [-0.2, -0.15) is 0 Å². The number of guanidine groups is 1. The lowest BCUT2D eigenvalue weighted by molar-refractivity contribution is 0.0951. The second-order valence-electron chi connectivity index (χ2n) is 3.82. The van der Waals surface area contributed by atoms with E-state index >= 15 is 0 Å². The first-order chi connectivity index (χ1) is 8.61. The molecule has 2 rings (SSSR count). The van der Waals surface area contributed by atoms with Crippen molar-refractivity contribution in [3.05, 3.63) is 30.0 Å². The summed E-state index contributed by atoms with van der Waals surface area (Å²) in [5.41, 5.74) is 12.6. The van der Waals surface area contributed by atoms with Crippen LogP contribution in [-0.4, -0.2) is 23.4 Å². The van der Waals surface area contributed by atoms with Crippen molar-refractivity contribution < 1.29 is 4.79 Å².